The summed E-state index contributed by atoms with van der Waals surface area (Å²) in [5.74, 6) is 0.974. The van der Waals surface area contributed by atoms with Crippen molar-refractivity contribution in [1.82, 2.24) is 5.16 Å². The Balaban J connectivity index is 2.37. The van der Waals surface area contributed by atoms with E-state index in [2.05, 4.69) is 27.2 Å². The highest BCUT2D eigenvalue weighted by Crippen LogP contribution is 2.40. The van der Waals surface area contributed by atoms with E-state index in [1.165, 1.54) is 11.1 Å². The van der Waals surface area contributed by atoms with Gasteiger partial charge in [-0.25, -0.2) is 0 Å². The molecule has 1 aromatic heterocycles. The summed E-state index contributed by atoms with van der Waals surface area (Å²) in [4.78, 5) is 0. The van der Waals surface area contributed by atoms with Gasteiger partial charge in [-0.05, 0) is 11.6 Å². The summed E-state index contributed by atoms with van der Waals surface area (Å²) in [6.07, 6.45) is 2.65. The van der Waals surface area contributed by atoms with Crippen molar-refractivity contribution >= 4 is 15.9 Å². The minimum absolute atomic E-state index is 0.865. The maximum atomic E-state index is 5.14. The van der Waals surface area contributed by atoms with Gasteiger partial charge in [0.15, 0.2) is 0 Å². The van der Waals surface area contributed by atoms with Crippen molar-refractivity contribution in [3.63, 3.8) is 0 Å². The lowest BCUT2D eigenvalue weighted by atomic mass is 10.1. The van der Waals surface area contributed by atoms with Gasteiger partial charge in [-0.2, -0.15) is 0 Å². The number of aromatic nitrogens is 1. The second kappa shape index (κ2) is 2.45. The van der Waals surface area contributed by atoms with Gasteiger partial charge in [0.05, 0.1) is 6.20 Å². The molecule has 0 atom stereocenters. The maximum Gasteiger partial charge on any atom is 0.148 e. The molecule has 0 bridgehead atoms. The zero-order chi connectivity index (χ0) is 8.84. The summed E-state index contributed by atoms with van der Waals surface area (Å²) >= 11 is 3.53. The molecular formula is C10H6BrNO. The van der Waals surface area contributed by atoms with E-state index in [1.54, 1.807) is 6.20 Å². The fourth-order valence-corrected chi connectivity index (χ4v) is 2.41. The summed E-state index contributed by atoms with van der Waals surface area (Å²) in [6.45, 7) is 0. The largest absolute Gasteiger partial charge is 0.360 e. The first kappa shape index (κ1) is 7.33. The summed E-state index contributed by atoms with van der Waals surface area (Å²) in [6, 6.07) is 6.21. The highest BCUT2D eigenvalue weighted by molar-refractivity contribution is 9.10. The molecule has 2 nitrogen and oxygen atoms in total. The maximum absolute atomic E-state index is 5.14. The van der Waals surface area contributed by atoms with Gasteiger partial charge >= 0.3 is 0 Å². The Hall–Kier alpha value is -1.09. The van der Waals surface area contributed by atoms with Gasteiger partial charge in [0, 0.05) is 22.0 Å². The summed E-state index contributed by atoms with van der Waals surface area (Å²) in [7, 11) is 0. The van der Waals surface area contributed by atoms with Gasteiger partial charge < -0.3 is 4.52 Å². The van der Waals surface area contributed by atoms with E-state index in [0.717, 1.165) is 22.2 Å². The van der Waals surface area contributed by atoms with Crippen LogP contribution >= 0.6 is 15.9 Å². The molecule has 0 fully saturated rings. The number of hydrogen-bond acceptors (Lipinski definition) is 2. The summed E-state index contributed by atoms with van der Waals surface area (Å²) in [5.41, 5.74) is 3.67. The van der Waals surface area contributed by atoms with E-state index in [-0.39, 0.29) is 0 Å². The third-order valence-corrected chi connectivity index (χ3v) is 3.03. The second-order valence-electron chi connectivity index (χ2n) is 3.11. The molecule has 1 aliphatic carbocycles. The summed E-state index contributed by atoms with van der Waals surface area (Å²) < 4.78 is 6.26. The van der Waals surface area contributed by atoms with Crippen molar-refractivity contribution in [3.8, 4) is 11.1 Å². The Bertz CT molecular complexity index is 476. The molecule has 2 aromatic rings. The smallest absolute Gasteiger partial charge is 0.148 e. The van der Waals surface area contributed by atoms with Crippen molar-refractivity contribution in [3.05, 3.63) is 40.2 Å². The quantitative estimate of drug-likeness (QED) is 0.599. The van der Waals surface area contributed by atoms with Crippen molar-refractivity contribution in [1.29, 1.82) is 0 Å². The van der Waals surface area contributed by atoms with Crippen LogP contribution in [0.2, 0.25) is 0 Å². The number of hydrogen-bond donors (Lipinski definition) is 0. The zero-order valence-corrected chi connectivity index (χ0v) is 8.34. The molecule has 3 rings (SSSR count). The molecule has 13 heavy (non-hydrogen) atoms. The van der Waals surface area contributed by atoms with Gasteiger partial charge in [-0.3, -0.25) is 0 Å². The number of halogens is 1. The van der Waals surface area contributed by atoms with E-state index in [4.69, 9.17) is 4.52 Å². The molecule has 0 saturated carbocycles. The van der Waals surface area contributed by atoms with Gasteiger partial charge in [0.25, 0.3) is 0 Å². The molecule has 0 amide bonds. The van der Waals surface area contributed by atoms with Crippen LogP contribution in [-0.2, 0) is 6.42 Å². The van der Waals surface area contributed by atoms with Crippen LogP contribution in [0, 0.1) is 0 Å². The van der Waals surface area contributed by atoms with Crippen LogP contribution in [0.1, 0.15) is 11.3 Å². The molecule has 0 spiro atoms. The molecule has 0 aliphatic heterocycles. The van der Waals surface area contributed by atoms with Crippen LogP contribution in [-0.4, -0.2) is 5.16 Å². The lowest BCUT2D eigenvalue weighted by molar-refractivity contribution is 0.391. The Morgan fingerprint density at radius 1 is 1.38 bits per heavy atom. The predicted octanol–water partition coefficient (Wildman–Crippen LogP) is 3.01. The number of benzene rings is 1. The summed E-state index contributed by atoms with van der Waals surface area (Å²) in [5, 5.41) is 3.79. The molecule has 64 valence electrons. The Kier molecular flexibility index (Phi) is 1.38. The van der Waals surface area contributed by atoms with Crippen LogP contribution in [0.3, 0.4) is 0 Å². The van der Waals surface area contributed by atoms with Gasteiger partial charge in [0.1, 0.15) is 5.76 Å². The Labute approximate surface area is 83.7 Å². The Morgan fingerprint density at radius 3 is 3.23 bits per heavy atom. The third kappa shape index (κ3) is 0.907. The van der Waals surface area contributed by atoms with Gasteiger partial charge in [-0.1, -0.05) is 33.2 Å². The second-order valence-corrected chi connectivity index (χ2v) is 3.97. The standard InChI is InChI=1S/C10H6BrNO/c11-8-3-1-2-6-4-9-7(10(6)8)5-12-13-9/h1-3,5H,4H2. The molecule has 0 saturated heterocycles. The Morgan fingerprint density at radius 2 is 2.31 bits per heavy atom. The predicted molar refractivity (Wildman–Crippen MR) is 52.4 cm³/mol. The lowest BCUT2D eigenvalue weighted by Gasteiger charge is -2.00. The molecule has 3 heteroatoms. The molecule has 0 radical (unpaired) electrons. The van der Waals surface area contributed by atoms with Gasteiger partial charge in [0.2, 0.25) is 0 Å². The van der Waals surface area contributed by atoms with E-state index < -0.39 is 0 Å². The minimum Gasteiger partial charge on any atom is -0.360 e. The fraction of sp³-hybridized carbons (Fsp3) is 0.100. The molecule has 1 heterocycles. The van der Waals surface area contributed by atoms with Gasteiger partial charge in [-0.15, -0.1) is 0 Å². The fourth-order valence-electron chi connectivity index (χ4n) is 1.79. The van der Waals surface area contributed by atoms with E-state index in [9.17, 15) is 0 Å². The first-order valence-electron chi connectivity index (χ1n) is 4.07. The molecule has 0 N–H and O–H groups in total. The van der Waals surface area contributed by atoms with Crippen LogP contribution in [0.5, 0.6) is 0 Å². The van der Waals surface area contributed by atoms with Crippen LogP contribution < -0.4 is 0 Å². The number of nitrogens with zero attached hydrogens (tertiary/aromatic N) is 1. The van der Waals surface area contributed by atoms with E-state index >= 15 is 0 Å². The molecule has 0 unspecified atom stereocenters. The SMILES string of the molecule is Brc1cccc2c1-c1cnoc1C2. The normalized spacial score (nSPS) is 12.7. The van der Waals surface area contributed by atoms with E-state index in [1.807, 2.05) is 12.1 Å². The van der Waals surface area contributed by atoms with Crippen molar-refractivity contribution < 1.29 is 4.52 Å². The lowest BCUT2D eigenvalue weighted by Crippen LogP contribution is -1.80. The first-order chi connectivity index (χ1) is 6.36. The third-order valence-electron chi connectivity index (χ3n) is 2.37. The number of rotatable bonds is 0. The van der Waals surface area contributed by atoms with Crippen molar-refractivity contribution in [2.24, 2.45) is 0 Å². The van der Waals surface area contributed by atoms with Crippen molar-refractivity contribution in [2.75, 3.05) is 0 Å². The molecule has 1 aromatic carbocycles. The van der Waals surface area contributed by atoms with Crippen LogP contribution in [0.15, 0.2) is 33.4 Å². The highest BCUT2D eigenvalue weighted by Gasteiger charge is 2.23. The van der Waals surface area contributed by atoms with Crippen molar-refractivity contribution in [2.45, 2.75) is 6.42 Å². The average Bonchev–Trinajstić information content (AvgIpc) is 2.62. The first-order valence-corrected chi connectivity index (χ1v) is 4.87. The van der Waals surface area contributed by atoms with E-state index in [0.29, 0.717) is 0 Å². The monoisotopic (exact) mass is 235 g/mol. The topological polar surface area (TPSA) is 26.0 Å². The molecule has 1 aliphatic rings. The molecular weight excluding hydrogens is 230 g/mol. The zero-order valence-electron chi connectivity index (χ0n) is 6.75. The minimum atomic E-state index is 0.865. The number of fused-ring (bicyclic) bond motifs is 3. The highest BCUT2D eigenvalue weighted by atomic mass is 79.9. The average molecular weight is 236 g/mol. The van der Waals surface area contributed by atoms with Crippen LogP contribution in [0.4, 0.5) is 0 Å². The van der Waals surface area contributed by atoms with Crippen LogP contribution in [0.25, 0.3) is 11.1 Å².